The van der Waals surface area contributed by atoms with Crippen molar-refractivity contribution in [1.82, 2.24) is 0 Å². The predicted octanol–water partition coefficient (Wildman–Crippen LogP) is 2.75. The van der Waals surface area contributed by atoms with Crippen molar-refractivity contribution in [2.75, 3.05) is 12.3 Å². The highest BCUT2D eigenvalue weighted by molar-refractivity contribution is 7.37. The average Bonchev–Trinajstić information content (AvgIpc) is 1.96. The fourth-order valence-electron chi connectivity index (χ4n) is 0.791. The monoisotopic (exact) mass is 212 g/mol. The molecule has 0 aromatic carbocycles. The van der Waals surface area contributed by atoms with Crippen LogP contribution in [0.4, 0.5) is 0 Å². The van der Waals surface area contributed by atoms with Crippen LogP contribution in [-0.4, -0.2) is 23.4 Å². The van der Waals surface area contributed by atoms with Gasteiger partial charge in [-0.2, -0.15) is 0 Å². The van der Waals surface area contributed by atoms with E-state index in [2.05, 4.69) is 6.92 Å². The summed E-state index contributed by atoms with van der Waals surface area (Å²) in [6.45, 7) is 2.18. The number of unbranched alkanes of at least 4 members (excludes halogenated alkanes) is 1. The summed E-state index contributed by atoms with van der Waals surface area (Å²) in [5, 5.41) is 8.32. The second kappa shape index (κ2) is 11.2. The fourth-order valence-corrected chi connectivity index (χ4v) is 2.07. The molecule has 0 radical (unpaired) electrons. The van der Waals surface area contributed by atoms with Crippen LogP contribution in [0.5, 0.6) is 0 Å². The third-order valence-corrected chi connectivity index (χ3v) is 2.87. The van der Waals surface area contributed by atoms with Crippen LogP contribution < -0.4 is 0 Å². The first kappa shape index (κ1) is 14.7. The SMILES string of the molecule is CCCCPCCCC(=O)O.Cl. The second-order valence-corrected chi connectivity index (χ2v) is 4.10. The fraction of sp³-hybridized carbons (Fsp3) is 0.875. The van der Waals surface area contributed by atoms with Crippen LogP contribution in [0.2, 0.25) is 0 Å². The quantitative estimate of drug-likeness (QED) is 0.521. The van der Waals surface area contributed by atoms with E-state index in [1.807, 2.05) is 0 Å². The summed E-state index contributed by atoms with van der Waals surface area (Å²) in [6.07, 6.45) is 6.15. The Morgan fingerprint density at radius 2 is 1.92 bits per heavy atom. The van der Waals surface area contributed by atoms with Crippen LogP contribution in [0.15, 0.2) is 0 Å². The number of aliphatic carboxylic acids is 1. The van der Waals surface area contributed by atoms with Crippen molar-refractivity contribution in [2.45, 2.75) is 32.6 Å². The van der Waals surface area contributed by atoms with Crippen LogP contribution in [0.3, 0.4) is 0 Å². The highest BCUT2D eigenvalue weighted by Crippen LogP contribution is 2.14. The van der Waals surface area contributed by atoms with Gasteiger partial charge >= 0.3 is 5.97 Å². The molecule has 0 aliphatic rings. The zero-order chi connectivity index (χ0) is 8.53. The van der Waals surface area contributed by atoms with E-state index in [4.69, 9.17) is 5.11 Å². The van der Waals surface area contributed by atoms with Crippen LogP contribution in [0, 0.1) is 0 Å². The number of hydrogen-bond donors (Lipinski definition) is 1. The summed E-state index contributed by atoms with van der Waals surface area (Å²) in [5.74, 6) is -0.662. The topological polar surface area (TPSA) is 37.3 Å². The Bertz CT molecular complexity index is 109. The van der Waals surface area contributed by atoms with Gasteiger partial charge in [-0.3, -0.25) is 4.79 Å². The highest BCUT2D eigenvalue weighted by atomic mass is 35.5. The molecule has 74 valence electrons. The molecule has 12 heavy (non-hydrogen) atoms. The molecule has 0 aliphatic heterocycles. The molecule has 0 aromatic heterocycles. The van der Waals surface area contributed by atoms with Gasteiger partial charge in [0.05, 0.1) is 0 Å². The maximum absolute atomic E-state index is 10.1. The largest absolute Gasteiger partial charge is 0.481 e. The van der Waals surface area contributed by atoms with E-state index < -0.39 is 5.97 Å². The summed E-state index contributed by atoms with van der Waals surface area (Å²) >= 11 is 0. The first-order valence-electron chi connectivity index (χ1n) is 4.20. The first-order chi connectivity index (χ1) is 5.27. The van der Waals surface area contributed by atoms with Gasteiger partial charge in [0.2, 0.25) is 0 Å². The van der Waals surface area contributed by atoms with E-state index in [0.717, 1.165) is 21.2 Å². The lowest BCUT2D eigenvalue weighted by Crippen LogP contribution is -1.94. The molecule has 1 atom stereocenters. The first-order valence-corrected chi connectivity index (χ1v) is 5.61. The van der Waals surface area contributed by atoms with E-state index in [-0.39, 0.29) is 12.4 Å². The lowest BCUT2D eigenvalue weighted by atomic mass is 10.3. The average molecular weight is 213 g/mol. The summed E-state index contributed by atoms with van der Waals surface area (Å²) in [4.78, 5) is 10.1. The molecule has 0 aromatic rings. The molecule has 0 rings (SSSR count). The molecule has 0 amide bonds. The van der Waals surface area contributed by atoms with E-state index in [1.165, 1.54) is 19.0 Å². The normalized spacial score (nSPS) is 10.1. The number of carbonyl (C=O) groups is 1. The zero-order valence-corrected chi connectivity index (χ0v) is 9.32. The van der Waals surface area contributed by atoms with E-state index in [0.29, 0.717) is 6.42 Å². The van der Waals surface area contributed by atoms with Gasteiger partial charge in [0, 0.05) is 6.42 Å². The minimum absolute atomic E-state index is 0. The molecule has 0 spiro atoms. The van der Waals surface area contributed by atoms with E-state index >= 15 is 0 Å². The van der Waals surface area contributed by atoms with Gasteiger partial charge in [-0.05, 0) is 25.2 Å². The van der Waals surface area contributed by atoms with Crippen molar-refractivity contribution < 1.29 is 9.90 Å². The van der Waals surface area contributed by atoms with Crippen molar-refractivity contribution in [3.05, 3.63) is 0 Å². The van der Waals surface area contributed by atoms with Gasteiger partial charge in [-0.25, -0.2) is 0 Å². The van der Waals surface area contributed by atoms with Crippen molar-refractivity contribution in [3.8, 4) is 0 Å². The van der Waals surface area contributed by atoms with Crippen molar-refractivity contribution in [1.29, 1.82) is 0 Å². The molecule has 1 N–H and O–H groups in total. The van der Waals surface area contributed by atoms with Gasteiger partial charge in [0.15, 0.2) is 0 Å². The van der Waals surface area contributed by atoms with Crippen LogP contribution in [-0.2, 0) is 4.79 Å². The van der Waals surface area contributed by atoms with Gasteiger partial charge in [0.1, 0.15) is 0 Å². The van der Waals surface area contributed by atoms with E-state index in [9.17, 15) is 4.79 Å². The molecule has 4 heteroatoms. The molecule has 0 aliphatic carbocycles. The van der Waals surface area contributed by atoms with E-state index in [1.54, 1.807) is 0 Å². The molecule has 0 bridgehead atoms. The minimum Gasteiger partial charge on any atom is -0.481 e. The molecule has 0 saturated heterocycles. The van der Waals surface area contributed by atoms with Crippen LogP contribution >= 0.6 is 21.0 Å². The van der Waals surface area contributed by atoms with Crippen LogP contribution in [0.25, 0.3) is 0 Å². The number of rotatable bonds is 7. The number of carboxylic acids is 1. The molecule has 2 nitrogen and oxygen atoms in total. The number of halogens is 1. The maximum Gasteiger partial charge on any atom is 0.303 e. The Balaban J connectivity index is 0. The van der Waals surface area contributed by atoms with Crippen molar-refractivity contribution >= 4 is 27.0 Å². The molecule has 1 unspecified atom stereocenters. The maximum atomic E-state index is 10.1. The van der Waals surface area contributed by atoms with Gasteiger partial charge in [-0.15, -0.1) is 21.0 Å². The van der Waals surface area contributed by atoms with Crippen molar-refractivity contribution in [2.24, 2.45) is 0 Å². The molecule has 0 fully saturated rings. The molecular weight excluding hydrogens is 195 g/mol. The highest BCUT2D eigenvalue weighted by Gasteiger charge is 1.95. The Morgan fingerprint density at radius 3 is 2.42 bits per heavy atom. The minimum atomic E-state index is -0.662. The van der Waals surface area contributed by atoms with Crippen molar-refractivity contribution in [3.63, 3.8) is 0 Å². The Labute approximate surface area is 82.3 Å². The molecule has 0 heterocycles. The third-order valence-electron chi connectivity index (χ3n) is 1.45. The molecular formula is C8H18ClO2P. The third kappa shape index (κ3) is 12.8. The zero-order valence-electron chi connectivity index (χ0n) is 7.51. The summed E-state index contributed by atoms with van der Waals surface area (Å²) in [7, 11) is 0.975. The summed E-state index contributed by atoms with van der Waals surface area (Å²) < 4.78 is 0. The standard InChI is InChI=1S/C8H17O2P.ClH/c1-2-3-6-11-7-4-5-8(9)10;/h11H,2-7H2,1H3,(H,9,10);1H. The van der Waals surface area contributed by atoms with Crippen LogP contribution in [0.1, 0.15) is 32.6 Å². The Morgan fingerprint density at radius 1 is 1.33 bits per heavy atom. The van der Waals surface area contributed by atoms with Gasteiger partial charge in [0.25, 0.3) is 0 Å². The number of carboxylic acid groups (broad SMARTS) is 1. The smallest absolute Gasteiger partial charge is 0.303 e. The predicted molar refractivity (Wildman–Crippen MR) is 57.1 cm³/mol. The molecule has 0 saturated carbocycles. The Kier molecular flexibility index (Phi) is 13.7. The van der Waals surface area contributed by atoms with Gasteiger partial charge < -0.3 is 5.11 Å². The number of hydrogen-bond acceptors (Lipinski definition) is 1. The summed E-state index contributed by atoms with van der Waals surface area (Å²) in [5.41, 5.74) is 0. The Hall–Kier alpha value is 0.190. The second-order valence-electron chi connectivity index (χ2n) is 2.60. The lowest BCUT2D eigenvalue weighted by Gasteiger charge is -1.97. The van der Waals surface area contributed by atoms with Gasteiger partial charge in [-0.1, -0.05) is 13.3 Å². The lowest BCUT2D eigenvalue weighted by molar-refractivity contribution is -0.137. The summed E-state index contributed by atoms with van der Waals surface area (Å²) in [6, 6.07) is 0.